The second kappa shape index (κ2) is 6.80. The number of hydrogen-bond donors (Lipinski definition) is 2. The number of fused-ring (bicyclic) bond motifs is 1. The number of aryl methyl sites for hydroxylation is 1. The van der Waals surface area contributed by atoms with Gasteiger partial charge in [0.15, 0.2) is 11.5 Å². The van der Waals surface area contributed by atoms with Gasteiger partial charge < -0.3 is 14.8 Å². The van der Waals surface area contributed by atoms with Crippen LogP contribution in [0.3, 0.4) is 0 Å². The summed E-state index contributed by atoms with van der Waals surface area (Å²) in [7, 11) is -3.65. The molecular weight excluding hydrogens is 352 g/mol. The minimum Gasteiger partial charge on any atom is -0.454 e. The van der Waals surface area contributed by atoms with E-state index >= 15 is 0 Å². The summed E-state index contributed by atoms with van der Waals surface area (Å²) in [5.74, 6) is 0.893. The molecule has 0 atom stereocenters. The zero-order valence-corrected chi connectivity index (χ0v) is 14.5. The molecule has 128 valence electrons. The maximum Gasteiger partial charge on any atom is 0.250 e. The molecule has 1 aliphatic rings. The van der Waals surface area contributed by atoms with Crippen LogP contribution in [0.15, 0.2) is 34.5 Å². The highest BCUT2D eigenvalue weighted by Gasteiger charge is 2.17. The van der Waals surface area contributed by atoms with Crippen LogP contribution in [0.5, 0.6) is 11.5 Å². The summed E-state index contributed by atoms with van der Waals surface area (Å²) in [6, 6.07) is 8.60. The first kappa shape index (κ1) is 16.7. The number of carbonyl (C=O) groups excluding carboxylic acids is 1. The third-order valence-electron chi connectivity index (χ3n) is 3.33. The van der Waals surface area contributed by atoms with Crippen LogP contribution < -0.4 is 19.5 Å². The molecular formula is C15H16N2O5S2. The number of amides is 1. The van der Waals surface area contributed by atoms with Crippen molar-refractivity contribution >= 4 is 27.3 Å². The van der Waals surface area contributed by atoms with Gasteiger partial charge in [-0.2, -0.15) is 0 Å². The van der Waals surface area contributed by atoms with Gasteiger partial charge in [0, 0.05) is 11.4 Å². The third kappa shape index (κ3) is 3.86. The summed E-state index contributed by atoms with van der Waals surface area (Å²) in [6.45, 7) is 1.97. The van der Waals surface area contributed by atoms with Crippen molar-refractivity contribution in [2.24, 2.45) is 0 Å². The van der Waals surface area contributed by atoms with Crippen LogP contribution in [0.2, 0.25) is 0 Å². The normalized spacial score (nSPS) is 13.0. The van der Waals surface area contributed by atoms with Gasteiger partial charge in [0.1, 0.15) is 4.21 Å². The maximum atomic E-state index is 12.0. The van der Waals surface area contributed by atoms with Gasteiger partial charge in [-0.25, -0.2) is 13.1 Å². The molecule has 0 fully saturated rings. The Morgan fingerprint density at radius 1 is 1.21 bits per heavy atom. The van der Waals surface area contributed by atoms with Crippen LogP contribution in [0.1, 0.15) is 10.4 Å². The highest BCUT2D eigenvalue weighted by atomic mass is 32.2. The molecule has 3 rings (SSSR count). The van der Waals surface area contributed by atoms with Crippen molar-refractivity contribution in [1.29, 1.82) is 0 Å². The smallest absolute Gasteiger partial charge is 0.250 e. The highest BCUT2D eigenvalue weighted by molar-refractivity contribution is 7.91. The molecule has 1 aromatic heterocycles. The number of carbonyl (C=O) groups is 1. The lowest BCUT2D eigenvalue weighted by Gasteiger charge is -2.07. The lowest BCUT2D eigenvalue weighted by atomic mass is 10.2. The lowest BCUT2D eigenvalue weighted by molar-refractivity contribution is -0.120. The standard InChI is InChI=1S/C15H16N2O5S2/c1-10-2-5-15(23-10)24(19,20)17-8-14(18)16-7-11-3-4-12-13(6-11)22-9-21-12/h2-6,17H,7-9H2,1H3,(H,16,18). The van der Waals surface area contributed by atoms with Gasteiger partial charge in [0.2, 0.25) is 12.7 Å². The Balaban J connectivity index is 1.51. The highest BCUT2D eigenvalue weighted by Crippen LogP contribution is 2.32. The van der Waals surface area contributed by atoms with E-state index < -0.39 is 15.9 Å². The van der Waals surface area contributed by atoms with E-state index in [1.165, 1.54) is 6.07 Å². The Bertz CT molecular complexity index is 860. The minimum absolute atomic E-state index is 0.190. The van der Waals surface area contributed by atoms with Gasteiger partial charge in [-0.15, -0.1) is 11.3 Å². The van der Waals surface area contributed by atoms with E-state index in [1.807, 2.05) is 13.0 Å². The fourth-order valence-corrected chi connectivity index (χ4v) is 4.41. The zero-order valence-electron chi connectivity index (χ0n) is 12.9. The number of rotatable bonds is 6. The van der Waals surface area contributed by atoms with Crippen molar-refractivity contribution in [3.63, 3.8) is 0 Å². The quantitative estimate of drug-likeness (QED) is 0.803. The third-order valence-corrected chi connectivity index (χ3v) is 6.22. The summed E-state index contributed by atoms with van der Waals surface area (Å²) in [5, 5.41) is 2.66. The van der Waals surface area contributed by atoms with Gasteiger partial charge >= 0.3 is 0 Å². The van der Waals surface area contributed by atoms with E-state index in [0.29, 0.717) is 11.5 Å². The number of sulfonamides is 1. The zero-order chi connectivity index (χ0) is 17.2. The van der Waals surface area contributed by atoms with E-state index in [9.17, 15) is 13.2 Å². The lowest BCUT2D eigenvalue weighted by Crippen LogP contribution is -2.36. The molecule has 24 heavy (non-hydrogen) atoms. The molecule has 1 aromatic carbocycles. The van der Waals surface area contributed by atoms with E-state index in [2.05, 4.69) is 10.0 Å². The van der Waals surface area contributed by atoms with Gasteiger partial charge in [0.05, 0.1) is 6.54 Å². The summed E-state index contributed by atoms with van der Waals surface area (Å²) >= 11 is 1.16. The van der Waals surface area contributed by atoms with Gasteiger partial charge in [-0.05, 0) is 36.8 Å². The first-order chi connectivity index (χ1) is 11.4. The Kier molecular flexibility index (Phi) is 4.74. The predicted molar refractivity (Wildman–Crippen MR) is 88.7 cm³/mol. The fourth-order valence-electron chi connectivity index (χ4n) is 2.10. The van der Waals surface area contributed by atoms with Crippen LogP contribution in [-0.2, 0) is 21.4 Å². The van der Waals surface area contributed by atoms with Crippen molar-refractivity contribution < 1.29 is 22.7 Å². The number of hydrogen-bond acceptors (Lipinski definition) is 6. The van der Waals surface area contributed by atoms with E-state index in [4.69, 9.17) is 9.47 Å². The first-order valence-electron chi connectivity index (χ1n) is 7.15. The molecule has 0 saturated carbocycles. The molecule has 0 unspecified atom stereocenters. The van der Waals surface area contributed by atoms with Crippen molar-refractivity contribution in [3.8, 4) is 11.5 Å². The molecule has 9 heteroatoms. The molecule has 2 heterocycles. The molecule has 0 aliphatic carbocycles. The first-order valence-corrected chi connectivity index (χ1v) is 9.45. The average molecular weight is 368 g/mol. The van der Waals surface area contributed by atoms with Crippen molar-refractivity contribution in [1.82, 2.24) is 10.0 Å². The number of thiophene rings is 1. The van der Waals surface area contributed by atoms with Crippen molar-refractivity contribution in [2.75, 3.05) is 13.3 Å². The van der Waals surface area contributed by atoms with E-state index in [1.54, 1.807) is 18.2 Å². The van der Waals surface area contributed by atoms with Crippen LogP contribution in [0, 0.1) is 6.92 Å². The van der Waals surface area contributed by atoms with Crippen LogP contribution in [-0.4, -0.2) is 27.7 Å². The topological polar surface area (TPSA) is 93.7 Å². The molecule has 7 nitrogen and oxygen atoms in total. The monoisotopic (exact) mass is 368 g/mol. The van der Waals surface area contributed by atoms with Gasteiger partial charge in [0.25, 0.3) is 10.0 Å². The Morgan fingerprint density at radius 2 is 2.00 bits per heavy atom. The van der Waals surface area contributed by atoms with Crippen molar-refractivity contribution in [3.05, 3.63) is 40.8 Å². The number of benzene rings is 1. The average Bonchev–Trinajstić information content (AvgIpc) is 3.19. The van der Waals surface area contributed by atoms with Crippen molar-refractivity contribution in [2.45, 2.75) is 17.7 Å². The molecule has 1 aliphatic heterocycles. The Morgan fingerprint density at radius 3 is 2.75 bits per heavy atom. The number of ether oxygens (including phenoxy) is 2. The summed E-state index contributed by atoms with van der Waals surface area (Å²) in [4.78, 5) is 12.7. The Labute approximate surface area is 143 Å². The Hall–Kier alpha value is -2.10. The van der Waals surface area contributed by atoms with Gasteiger partial charge in [-0.3, -0.25) is 4.79 Å². The van der Waals surface area contributed by atoms with E-state index in [-0.39, 0.29) is 24.1 Å². The molecule has 0 bridgehead atoms. The molecule has 2 N–H and O–H groups in total. The molecule has 0 saturated heterocycles. The summed E-state index contributed by atoms with van der Waals surface area (Å²) in [5.41, 5.74) is 0.837. The molecule has 0 spiro atoms. The largest absolute Gasteiger partial charge is 0.454 e. The predicted octanol–water partition coefficient (Wildman–Crippen LogP) is 1.38. The summed E-state index contributed by atoms with van der Waals surface area (Å²) < 4.78 is 37.0. The minimum atomic E-state index is -3.65. The SMILES string of the molecule is Cc1ccc(S(=O)(=O)NCC(=O)NCc2ccc3c(c2)OCO3)s1. The fraction of sp³-hybridized carbons (Fsp3) is 0.267. The maximum absolute atomic E-state index is 12.0. The van der Waals surface area contributed by atoms with Crippen LogP contribution in [0.25, 0.3) is 0 Å². The van der Waals surface area contributed by atoms with E-state index in [0.717, 1.165) is 21.8 Å². The van der Waals surface area contributed by atoms with Gasteiger partial charge in [-0.1, -0.05) is 6.07 Å². The second-order valence-electron chi connectivity index (χ2n) is 5.15. The van der Waals surface area contributed by atoms with Crippen LogP contribution in [0.4, 0.5) is 0 Å². The molecule has 2 aromatic rings. The molecule has 1 amide bonds. The molecule has 0 radical (unpaired) electrons. The van der Waals surface area contributed by atoms with Crippen LogP contribution >= 0.6 is 11.3 Å². The summed E-state index contributed by atoms with van der Waals surface area (Å²) in [6.07, 6.45) is 0. The second-order valence-corrected chi connectivity index (χ2v) is 8.44. The number of nitrogens with one attached hydrogen (secondary N) is 2.